The van der Waals surface area contributed by atoms with Crippen LogP contribution in [0.15, 0.2) is 24.3 Å². The molecule has 3 nitrogen and oxygen atoms in total. The van der Waals surface area contributed by atoms with Crippen molar-refractivity contribution in [1.29, 1.82) is 0 Å². The summed E-state index contributed by atoms with van der Waals surface area (Å²) in [5, 5.41) is 3.13. The van der Waals surface area contributed by atoms with Gasteiger partial charge < -0.3 is 11.1 Å². The van der Waals surface area contributed by atoms with Crippen molar-refractivity contribution in [1.82, 2.24) is 5.32 Å². The molecular formula is C18H29ClN2O. The maximum Gasteiger partial charge on any atom is 0.230 e. The molecule has 0 saturated heterocycles. The minimum Gasteiger partial charge on any atom is -0.355 e. The van der Waals surface area contributed by atoms with E-state index >= 15 is 0 Å². The van der Waals surface area contributed by atoms with E-state index in [0.29, 0.717) is 6.54 Å². The van der Waals surface area contributed by atoms with Gasteiger partial charge in [-0.2, -0.15) is 0 Å². The molecule has 3 N–H and O–H groups in total. The molecular weight excluding hydrogens is 296 g/mol. The molecule has 1 fully saturated rings. The third-order valence-electron chi connectivity index (χ3n) is 4.69. The quantitative estimate of drug-likeness (QED) is 0.871. The number of nitrogens with one attached hydrogen (secondary N) is 1. The molecule has 1 aliphatic carbocycles. The smallest absolute Gasteiger partial charge is 0.230 e. The Bertz CT molecular complexity index is 482. The fourth-order valence-electron chi connectivity index (χ4n) is 3.47. The molecule has 0 aliphatic heterocycles. The molecule has 1 aromatic carbocycles. The zero-order valence-electron chi connectivity index (χ0n) is 13.7. The highest BCUT2D eigenvalue weighted by Crippen LogP contribution is 2.41. The maximum absolute atomic E-state index is 12.9. The molecule has 0 spiro atoms. The summed E-state index contributed by atoms with van der Waals surface area (Å²) in [4.78, 5) is 12.9. The Hall–Kier alpha value is -1.06. The van der Waals surface area contributed by atoms with E-state index in [4.69, 9.17) is 5.73 Å². The molecule has 0 aromatic heterocycles. The normalized spacial score (nSPS) is 18.1. The number of benzene rings is 1. The molecule has 1 unspecified atom stereocenters. The van der Waals surface area contributed by atoms with Gasteiger partial charge in [0.2, 0.25) is 5.91 Å². The van der Waals surface area contributed by atoms with Crippen LogP contribution in [0.25, 0.3) is 0 Å². The second-order valence-corrected chi connectivity index (χ2v) is 6.48. The Kier molecular flexibility index (Phi) is 7.37. The first kappa shape index (κ1) is 19.0. The molecule has 4 heteroatoms. The summed E-state index contributed by atoms with van der Waals surface area (Å²) >= 11 is 0. The van der Waals surface area contributed by atoms with Crippen molar-refractivity contribution in [3.8, 4) is 0 Å². The van der Waals surface area contributed by atoms with E-state index in [2.05, 4.69) is 24.4 Å². The van der Waals surface area contributed by atoms with Gasteiger partial charge in [0, 0.05) is 12.6 Å². The number of rotatable bonds is 5. The van der Waals surface area contributed by atoms with Crippen LogP contribution in [0.1, 0.15) is 56.6 Å². The van der Waals surface area contributed by atoms with Gasteiger partial charge >= 0.3 is 0 Å². The molecule has 124 valence electrons. The zero-order valence-corrected chi connectivity index (χ0v) is 14.5. The number of amides is 1. The van der Waals surface area contributed by atoms with Gasteiger partial charge in [0.25, 0.3) is 0 Å². The fourth-order valence-corrected chi connectivity index (χ4v) is 3.47. The van der Waals surface area contributed by atoms with Crippen molar-refractivity contribution in [2.24, 2.45) is 5.73 Å². The van der Waals surface area contributed by atoms with Crippen LogP contribution >= 0.6 is 12.4 Å². The predicted octanol–water partition coefficient (Wildman–Crippen LogP) is 3.47. The average molecular weight is 325 g/mol. The van der Waals surface area contributed by atoms with Crippen molar-refractivity contribution < 1.29 is 4.79 Å². The van der Waals surface area contributed by atoms with Gasteiger partial charge in [0.05, 0.1) is 5.41 Å². The Morgan fingerprint density at radius 1 is 1.27 bits per heavy atom. The molecule has 0 bridgehead atoms. The second-order valence-electron chi connectivity index (χ2n) is 6.48. The Morgan fingerprint density at radius 2 is 1.91 bits per heavy atom. The topological polar surface area (TPSA) is 55.1 Å². The van der Waals surface area contributed by atoms with Crippen LogP contribution < -0.4 is 11.1 Å². The van der Waals surface area contributed by atoms with Gasteiger partial charge in [0.15, 0.2) is 0 Å². The lowest BCUT2D eigenvalue weighted by molar-refractivity contribution is -0.128. The van der Waals surface area contributed by atoms with Crippen LogP contribution in [-0.4, -0.2) is 18.5 Å². The lowest BCUT2D eigenvalue weighted by Crippen LogP contribution is -2.47. The number of carbonyl (C=O) groups excluding carboxylic acids is 1. The third kappa shape index (κ3) is 4.23. The molecule has 1 atom stereocenters. The molecule has 0 heterocycles. The molecule has 1 amide bonds. The van der Waals surface area contributed by atoms with E-state index in [1.165, 1.54) is 17.5 Å². The first-order valence-corrected chi connectivity index (χ1v) is 8.16. The van der Waals surface area contributed by atoms with E-state index in [-0.39, 0.29) is 29.8 Å². The minimum atomic E-state index is -0.332. The molecule has 2 rings (SSSR count). The largest absolute Gasteiger partial charge is 0.355 e. The summed E-state index contributed by atoms with van der Waals surface area (Å²) in [6.07, 6.45) is 6.25. The fraction of sp³-hybridized carbons (Fsp3) is 0.611. The second kappa shape index (κ2) is 8.54. The van der Waals surface area contributed by atoms with E-state index in [1.807, 2.05) is 19.1 Å². The molecule has 1 saturated carbocycles. The van der Waals surface area contributed by atoms with Gasteiger partial charge in [-0.3, -0.25) is 4.79 Å². The number of aryl methyl sites for hydroxylation is 1. The number of halogens is 1. The van der Waals surface area contributed by atoms with Crippen molar-refractivity contribution in [3.63, 3.8) is 0 Å². The van der Waals surface area contributed by atoms with Crippen LogP contribution in [0, 0.1) is 6.92 Å². The lowest BCUT2D eigenvalue weighted by Gasteiger charge is -2.37. The highest BCUT2D eigenvalue weighted by Gasteiger charge is 2.41. The van der Waals surface area contributed by atoms with Gasteiger partial charge in [-0.15, -0.1) is 12.4 Å². The van der Waals surface area contributed by atoms with Crippen LogP contribution in [0.4, 0.5) is 0 Å². The zero-order chi connectivity index (χ0) is 15.3. The van der Waals surface area contributed by atoms with E-state index in [9.17, 15) is 4.79 Å². The van der Waals surface area contributed by atoms with Crippen LogP contribution in [0.2, 0.25) is 0 Å². The highest BCUT2D eigenvalue weighted by atomic mass is 35.5. The van der Waals surface area contributed by atoms with Crippen molar-refractivity contribution in [3.05, 3.63) is 35.4 Å². The number of carbonyl (C=O) groups is 1. The summed E-state index contributed by atoms with van der Waals surface area (Å²) < 4.78 is 0. The number of hydrogen-bond donors (Lipinski definition) is 2. The Morgan fingerprint density at radius 3 is 2.50 bits per heavy atom. The first-order chi connectivity index (χ1) is 10.1. The van der Waals surface area contributed by atoms with Gasteiger partial charge in [-0.25, -0.2) is 0 Å². The van der Waals surface area contributed by atoms with Crippen LogP contribution in [0.5, 0.6) is 0 Å². The maximum atomic E-state index is 12.9. The van der Waals surface area contributed by atoms with Crippen molar-refractivity contribution >= 4 is 18.3 Å². The van der Waals surface area contributed by atoms with Crippen molar-refractivity contribution in [2.45, 2.75) is 63.8 Å². The van der Waals surface area contributed by atoms with E-state index < -0.39 is 0 Å². The van der Waals surface area contributed by atoms with Crippen LogP contribution in [0.3, 0.4) is 0 Å². The summed E-state index contributed by atoms with van der Waals surface area (Å²) in [6.45, 7) is 4.76. The average Bonchev–Trinajstić information content (AvgIpc) is 2.48. The Labute approximate surface area is 140 Å². The first-order valence-electron chi connectivity index (χ1n) is 8.16. The number of hydrogen-bond acceptors (Lipinski definition) is 2. The van der Waals surface area contributed by atoms with E-state index in [1.54, 1.807) is 0 Å². The highest BCUT2D eigenvalue weighted by molar-refractivity contribution is 5.88. The Balaban J connectivity index is 0.00000242. The molecule has 0 radical (unpaired) electrons. The minimum absolute atomic E-state index is 0. The monoisotopic (exact) mass is 324 g/mol. The van der Waals surface area contributed by atoms with Gasteiger partial charge in [-0.1, -0.05) is 43.5 Å². The van der Waals surface area contributed by atoms with Gasteiger partial charge in [-0.05, 0) is 44.2 Å². The summed E-state index contributed by atoms with van der Waals surface area (Å²) in [7, 11) is 0. The lowest BCUT2D eigenvalue weighted by atomic mass is 9.67. The SMILES string of the molecule is Cc1ccccc1C1(C(=O)NCCC(C)N)CCCCC1.Cl. The predicted molar refractivity (Wildman–Crippen MR) is 94.5 cm³/mol. The summed E-state index contributed by atoms with van der Waals surface area (Å²) in [5.41, 5.74) is 7.88. The van der Waals surface area contributed by atoms with Crippen LogP contribution in [-0.2, 0) is 10.2 Å². The van der Waals surface area contributed by atoms with E-state index in [0.717, 1.165) is 32.1 Å². The van der Waals surface area contributed by atoms with Crippen molar-refractivity contribution in [2.75, 3.05) is 6.54 Å². The molecule has 1 aliphatic rings. The van der Waals surface area contributed by atoms with Gasteiger partial charge in [0.1, 0.15) is 0 Å². The number of nitrogens with two attached hydrogens (primary N) is 1. The molecule has 22 heavy (non-hydrogen) atoms. The summed E-state index contributed by atoms with van der Waals surface area (Å²) in [6, 6.07) is 8.47. The standard InChI is InChI=1S/C18H28N2O.ClH/c1-14-8-4-5-9-16(14)18(11-6-3-7-12-18)17(21)20-13-10-15(2)19;/h4-5,8-9,15H,3,6-7,10-13,19H2,1-2H3,(H,20,21);1H. The summed E-state index contributed by atoms with van der Waals surface area (Å²) in [5.74, 6) is 0.192. The third-order valence-corrected chi connectivity index (χ3v) is 4.69. The molecule has 1 aromatic rings.